The van der Waals surface area contributed by atoms with Gasteiger partial charge >= 0.3 is 0 Å². The maximum atomic E-state index is 12.4. The topological polar surface area (TPSA) is 61.0 Å². The number of hydrogen-bond donors (Lipinski definition) is 2. The van der Waals surface area contributed by atoms with Gasteiger partial charge in [0.1, 0.15) is 5.69 Å². The molecule has 2 heterocycles. The third kappa shape index (κ3) is 3.73. The number of nitrogens with zero attached hydrogens (tertiary/aromatic N) is 2. The highest BCUT2D eigenvalue weighted by Gasteiger charge is 2.28. The van der Waals surface area contributed by atoms with Gasteiger partial charge in [-0.1, -0.05) is 20.8 Å². The second-order valence-corrected chi connectivity index (χ2v) is 6.38. The quantitative estimate of drug-likeness (QED) is 0.895. The minimum atomic E-state index is -0.00872. The van der Waals surface area contributed by atoms with Crippen molar-refractivity contribution in [2.75, 3.05) is 26.7 Å². The van der Waals surface area contributed by atoms with E-state index < -0.39 is 0 Å². The molecule has 0 saturated carbocycles. The number of aromatic nitrogens is 2. The van der Waals surface area contributed by atoms with E-state index in [4.69, 9.17) is 0 Å². The molecule has 0 aromatic carbocycles. The molecule has 0 radical (unpaired) electrons. The van der Waals surface area contributed by atoms with Crippen LogP contribution in [0.5, 0.6) is 0 Å². The first-order valence-corrected chi connectivity index (χ1v) is 6.91. The number of amides is 1. The molecule has 0 aliphatic carbocycles. The van der Waals surface area contributed by atoms with Crippen molar-refractivity contribution in [2.45, 2.75) is 32.6 Å². The van der Waals surface area contributed by atoms with E-state index in [1.807, 2.05) is 18.0 Å². The first-order chi connectivity index (χ1) is 8.91. The van der Waals surface area contributed by atoms with Gasteiger partial charge in [-0.2, -0.15) is 5.10 Å². The number of aromatic amines is 1. The van der Waals surface area contributed by atoms with Crippen molar-refractivity contribution in [2.24, 2.45) is 5.92 Å². The predicted molar refractivity (Wildman–Crippen MR) is 82.5 cm³/mol. The Kier molecular flexibility index (Phi) is 5.59. The molecule has 2 rings (SSSR count). The van der Waals surface area contributed by atoms with E-state index in [9.17, 15) is 4.79 Å². The molecule has 5 nitrogen and oxygen atoms in total. The lowest BCUT2D eigenvalue weighted by Gasteiger charge is -2.16. The number of carbonyl (C=O) groups excluding carboxylic acids is 1. The summed E-state index contributed by atoms with van der Waals surface area (Å²) in [5, 5.41) is 10.3. The standard InChI is InChI=1S/C14H24N4O.ClH/c1-14(2,3)12-7-11(16-17-12)13(19)18-6-5-10(9-18)8-15-4;/h7,10,15H,5-6,8-9H2,1-4H3,(H,16,17);1H. The van der Waals surface area contributed by atoms with Crippen molar-refractivity contribution in [3.8, 4) is 0 Å². The SMILES string of the molecule is CNCC1CCN(C(=O)c2cc(C(C)(C)C)[nH]n2)C1.Cl. The second kappa shape index (κ2) is 6.59. The van der Waals surface area contributed by atoms with Crippen LogP contribution in [-0.2, 0) is 5.41 Å². The third-order valence-corrected chi connectivity index (χ3v) is 3.67. The highest BCUT2D eigenvalue weighted by atomic mass is 35.5. The fraction of sp³-hybridized carbons (Fsp3) is 0.714. The highest BCUT2D eigenvalue weighted by Crippen LogP contribution is 2.22. The highest BCUT2D eigenvalue weighted by molar-refractivity contribution is 5.92. The molecule has 0 bridgehead atoms. The van der Waals surface area contributed by atoms with E-state index in [2.05, 4.69) is 36.3 Å². The van der Waals surface area contributed by atoms with Crippen LogP contribution in [0.1, 0.15) is 43.4 Å². The van der Waals surface area contributed by atoms with Gasteiger partial charge in [0, 0.05) is 24.2 Å². The summed E-state index contributed by atoms with van der Waals surface area (Å²) < 4.78 is 0. The van der Waals surface area contributed by atoms with Gasteiger partial charge in [-0.15, -0.1) is 12.4 Å². The van der Waals surface area contributed by atoms with Crippen LogP contribution in [-0.4, -0.2) is 47.7 Å². The Balaban J connectivity index is 0.00000200. The van der Waals surface area contributed by atoms with E-state index in [-0.39, 0.29) is 23.7 Å². The van der Waals surface area contributed by atoms with Crippen LogP contribution in [0.3, 0.4) is 0 Å². The van der Waals surface area contributed by atoms with Gasteiger partial charge in [0.05, 0.1) is 0 Å². The van der Waals surface area contributed by atoms with E-state index in [1.54, 1.807) is 0 Å². The molecule has 1 aliphatic rings. The van der Waals surface area contributed by atoms with Crippen LogP contribution in [0, 0.1) is 5.92 Å². The van der Waals surface area contributed by atoms with Crippen LogP contribution in [0.2, 0.25) is 0 Å². The number of carbonyl (C=O) groups is 1. The average Bonchev–Trinajstić information content (AvgIpc) is 2.96. The second-order valence-electron chi connectivity index (χ2n) is 6.38. The lowest BCUT2D eigenvalue weighted by Crippen LogP contribution is -2.30. The summed E-state index contributed by atoms with van der Waals surface area (Å²) in [4.78, 5) is 14.3. The number of hydrogen-bond acceptors (Lipinski definition) is 3. The van der Waals surface area contributed by atoms with E-state index >= 15 is 0 Å². The molecule has 1 unspecified atom stereocenters. The zero-order chi connectivity index (χ0) is 14.0. The normalized spacial score (nSPS) is 19.0. The first-order valence-electron chi connectivity index (χ1n) is 6.91. The summed E-state index contributed by atoms with van der Waals surface area (Å²) in [6, 6.07) is 1.88. The summed E-state index contributed by atoms with van der Waals surface area (Å²) in [6.45, 7) is 8.95. The lowest BCUT2D eigenvalue weighted by molar-refractivity contribution is 0.0781. The number of likely N-dealkylation sites (tertiary alicyclic amines) is 1. The summed E-state index contributed by atoms with van der Waals surface area (Å²) in [5.74, 6) is 0.611. The molecule has 1 atom stereocenters. The number of H-pyrrole nitrogens is 1. The number of nitrogens with one attached hydrogen (secondary N) is 2. The van der Waals surface area contributed by atoms with Gasteiger partial charge in [0.2, 0.25) is 0 Å². The molecule has 1 saturated heterocycles. The van der Waals surface area contributed by atoms with Crippen molar-refractivity contribution < 1.29 is 4.79 Å². The molecule has 1 amide bonds. The van der Waals surface area contributed by atoms with Crippen molar-refractivity contribution >= 4 is 18.3 Å². The molecular weight excluding hydrogens is 276 g/mol. The van der Waals surface area contributed by atoms with Crippen LogP contribution >= 0.6 is 12.4 Å². The maximum absolute atomic E-state index is 12.4. The summed E-state index contributed by atoms with van der Waals surface area (Å²) >= 11 is 0. The van der Waals surface area contributed by atoms with Crippen molar-refractivity contribution in [1.82, 2.24) is 20.4 Å². The molecule has 0 spiro atoms. The Bertz CT molecular complexity index is 452. The summed E-state index contributed by atoms with van der Waals surface area (Å²) in [6.07, 6.45) is 1.07. The van der Waals surface area contributed by atoms with Crippen LogP contribution in [0.4, 0.5) is 0 Å². The molecule has 1 fully saturated rings. The molecule has 20 heavy (non-hydrogen) atoms. The van der Waals surface area contributed by atoms with Crippen molar-refractivity contribution in [1.29, 1.82) is 0 Å². The molecule has 1 aliphatic heterocycles. The van der Waals surface area contributed by atoms with Gasteiger partial charge in [-0.25, -0.2) is 0 Å². The van der Waals surface area contributed by atoms with E-state index in [1.165, 1.54) is 0 Å². The van der Waals surface area contributed by atoms with E-state index in [0.717, 1.165) is 31.7 Å². The summed E-state index contributed by atoms with van der Waals surface area (Å²) in [5.41, 5.74) is 1.53. The smallest absolute Gasteiger partial charge is 0.274 e. The molecule has 1 aromatic rings. The lowest BCUT2D eigenvalue weighted by atomic mass is 9.92. The average molecular weight is 301 g/mol. The Morgan fingerprint density at radius 2 is 2.25 bits per heavy atom. The van der Waals surface area contributed by atoms with Gasteiger partial charge < -0.3 is 10.2 Å². The number of halogens is 1. The fourth-order valence-corrected chi connectivity index (χ4v) is 2.45. The third-order valence-electron chi connectivity index (χ3n) is 3.67. The zero-order valence-corrected chi connectivity index (χ0v) is 13.5. The summed E-state index contributed by atoms with van der Waals surface area (Å²) in [7, 11) is 1.95. The maximum Gasteiger partial charge on any atom is 0.274 e. The Labute approximate surface area is 126 Å². The predicted octanol–water partition coefficient (Wildman–Crippen LogP) is 1.81. The molecule has 114 valence electrons. The van der Waals surface area contributed by atoms with Crippen molar-refractivity contribution in [3.05, 3.63) is 17.5 Å². The molecule has 1 aromatic heterocycles. The Morgan fingerprint density at radius 3 is 2.80 bits per heavy atom. The molecular formula is C14H25ClN4O. The molecule has 2 N–H and O–H groups in total. The van der Waals surface area contributed by atoms with Gasteiger partial charge in [0.25, 0.3) is 5.91 Å². The Morgan fingerprint density at radius 1 is 1.55 bits per heavy atom. The minimum absolute atomic E-state index is 0. The van der Waals surface area contributed by atoms with E-state index in [0.29, 0.717) is 11.6 Å². The van der Waals surface area contributed by atoms with Crippen LogP contribution in [0.25, 0.3) is 0 Å². The minimum Gasteiger partial charge on any atom is -0.337 e. The van der Waals surface area contributed by atoms with Crippen molar-refractivity contribution in [3.63, 3.8) is 0 Å². The van der Waals surface area contributed by atoms with Crippen LogP contribution < -0.4 is 5.32 Å². The molecule has 6 heteroatoms. The zero-order valence-electron chi connectivity index (χ0n) is 12.7. The first kappa shape index (κ1) is 17.0. The van der Waals surface area contributed by atoms with Gasteiger partial charge in [-0.05, 0) is 32.0 Å². The number of rotatable bonds is 3. The van der Waals surface area contributed by atoms with Crippen LogP contribution in [0.15, 0.2) is 6.07 Å². The largest absolute Gasteiger partial charge is 0.337 e. The van der Waals surface area contributed by atoms with Gasteiger partial charge in [0.15, 0.2) is 0 Å². The van der Waals surface area contributed by atoms with Gasteiger partial charge in [-0.3, -0.25) is 9.89 Å². The fourth-order valence-electron chi connectivity index (χ4n) is 2.45. The monoisotopic (exact) mass is 300 g/mol. The Hall–Kier alpha value is -1.07.